The van der Waals surface area contributed by atoms with Gasteiger partial charge in [-0.15, -0.1) is 0 Å². The van der Waals surface area contributed by atoms with Gasteiger partial charge in [0.2, 0.25) is 0 Å². The average Bonchev–Trinajstić information content (AvgIpc) is 2.18. The van der Waals surface area contributed by atoms with Crippen LogP contribution in [0.2, 0.25) is 0 Å². The van der Waals surface area contributed by atoms with Crippen molar-refractivity contribution in [2.75, 3.05) is 0 Å². The number of ether oxygens (including phenoxy) is 1. The van der Waals surface area contributed by atoms with E-state index in [1.807, 2.05) is 12.1 Å². The molecule has 1 aromatic carbocycles. The van der Waals surface area contributed by atoms with E-state index in [0.717, 1.165) is 6.42 Å². The Kier molecular flexibility index (Phi) is 2.34. The van der Waals surface area contributed by atoms with Gasteiger partial charge in [-0.1, -0.05) is 31.2 Å². The maximum atomic E-state index is 9.59. The summed E-state index contributed by atoms with van der Waals surface area (Å²) in [4.78, 5) is 0. The van der Waals surface area contributed by atoms with E-state index in [2.05, 4.69) is 19.1 Å². The van der Waals surface area contributed by atoms with Gasteiger partial charge in [-0.25, -0.2) is 0 Å². The normalized spacial score (nSPS) is 26.9. The number of fused-ring (bicyclic) bond motifs is 1. The van der Waals surface area contributed by atoms with Crippen molar-refractivity contribution in [1.82, 2.24) is 0 Å². The lowest BCUT2D eigenvalue weighted by molar-refractivity contribution is -0.133. The Morgan fingerprint density at radius 3 is 3.00 bits per heavy atom. The Labute approximate surface area is 78.2 Å². The van der Waals surface area contributed by atoms with Gasteiger partial charge in [0.1, 0.15) is 0 Å². The highest BCUT2D eigenvalue weighted by molar-refractivity contribution is 5.31. The second-order valence-corrected chi connectivity index (χ2v) is 3.42. The van der Waals surface area contributed by atoms with Gasteiger partial charge in [0.05, 0.1) is 6.61 Å². The number of aliphatic hydroxyl groups excluding tert-OH is 1. The van der Waals surface area contributed by atoms with Gasteiger partial charge in [-0.05, 0) is 17.5 Å². The molecule has 1 aliphatic rings. The lowest BCUT2D eigenvalue weighted by Gasteiger charge is -2.29. The minimum Gasteiger partial charge on any atom is -0.367 e. The molecule has 0 saturated heterocycles. The van der Waals surface area contributed by atoms with Crippen molar-refractivity contribution in [1.29, 1.82) is 0 Å². The molecular formula is C11H14O2. The molecule has 0 aromatic heterocycles. The smallest absolute Gasteiger partial charge is 0.161 e. The van der Waals surface area contributed by atoms with Gasteiger partial charge in [-0.3, -0.25) is 0 Å². The van der Waals surface area contributed by atoms with Crippen LogP contribution in [0.15, 0.2) is 24.3 Å². The molecule has 0 spiro atoms. The third-order valence-corrected chi connectivity index (χ3v) is 2.65. The zero-order chi connectivity index (χ0) is 9.26. The first-order chi connectivity index (χ1) is 6.33. The molecule has 0 bridgehead atoms. The lowest BCUT2D eigenvalue weighted by atomic mass is 9.90. The Balaban J connectivity index is 2.39. The molecule has 1 aromatic rings. The largest absolute Gasteiger partial charge is 0.367 e. The Morgan fingerprint density at radius 2 is 2.23 bits per heavy atom. The predicted molar refractivity (Wildman–Crippen MR) is 50.3 cm³/mol. The van der Waals surface area contributed by atoms with Crippen LogP contribution in [-0.2, 0) is 11.3 Å². The van der Waals surface area contributed by atoms with Crippen molar-refractivity contribution < 1.29 is 9.84 Å². The molecule has 0 saturated carbocycles. The minimum absolute atomic E-state index is 0.143. The van der Waals surface area contributed by atoms with E-state index in [9.17, 15) is 5.11 Å². The van der Waals surface area contributed by atoms with Crippen molar-refractivity contribution >= 4 is 0 Å². The van der Waals surface area contributed by atoms with Crippen LogP contribution in [0.25, 0.3) is 0 Å². The van der Waals surface area contributed by atoms with Crippen LogP contribution in [0.3, 0.4) is 0 Å². The summed E-state index contributed by atoms with van der Waals surface area (Å²) in [5.41, 5.74) is 2.45. The number of hydrogen-bond acceptors (Lipinski definition) is 2. The van der Waals surface area contributed by atoms with Crippen molar-refractivity contribution in [3.63, 3.8) is 0 Å². The fraction of sp³-hybridized carbons (Fsp3) is 0.455. The van der Waals surface area contributed by atoms with E-state index in [4.69, 9.17) is 4.74 Å². The van der Waals surface area contributed by atoms with E-state index in [-0.39, 0.29) is 5.92 Å². The van der Waals surface area contributed by atoms with Gasteiger partial charge in [-0.2, -0.15) is 0 Å². The first-order valence-corrected chi connectivity index (χ1v) is 4.70. The van der Waals surface area contributed by atoms with Crippen molar-refractivity contribution in [3.8, 4) is 0 Å². The summed E-state index contributed by atoms with van der Waals surface area (Å²) in [6, 6.07) is 8.16. The van der Waals surface area contributed by atoms with Gasteiger partial charge >= 0.3 is 0 Å². The molecular weight excluding hydrogens is 164 g/mol. The van der Waals surface area contributed by atoms with Gasteiger partial charge in [0.25, 0.3) is 0 Å². The molecule has 1 heterocycles. The van der Waals surface area contributed by atoms with Crippen LogP contribution in [0.5, 0.6) is 0 Å². The Morgan fingerprint density at radius 1 is 1.46 bits per heavy atom. The maximum Gasteiger partial charge on any atom is 0.161 e. The van der Waals surface area contributed by atoms with Crippen LogP contribution in [-0.4, -0.2) is 11.4 Å². The second kappa shape index (κ2) is 3.48. The predicted octanol–water partition coefficient (Wildman–Crippen LogP) is 2.03. The van der Waals surface area contributed by atoms with E-state index < -0.39 is 6.29 Å². The highest BCUT2D eigenvalue weighted by Gasteiger charge is 2.26. The fourth-order valence-corrected chi connectivity index (χ4v) is 1.89. The molecule has 2 nitrogen and oxygen atoms in total. The quantitative estimate of drug-likeness (QED) is 0.713. The zero-order valence-electron chi connectivity index (χ0n) is 7.73. The summed E-state index contributed by atoms with van der Waals surface area (Å²) in [7, 11) is 0. The standard InChI is InChI=1S/C11H14O2/c1-2-9-10-6-4-3-5-8(10)7-13-11(9)12/h3-6,9,11-12H,2,7H2,1H3. The summed E-state index contributed by atoms with van der Waals surface area (Å²) >= 11 is 0. The third-order valence-electron chi connectivity index (χ3n) is 2.65. The number of benzene rings is 1. The van der Waals surface area contributed by atoms with Crippen LogP contribution >= 0.6 is 0 Å². The maximum absolute atomic E-state index is 9.59. The van der Waals surface area contributed by atoms with Crippen molar-refractivity contribution in [3.05, 3.63) is 35.4 Å². The van der Waals surface area contributed by atoms with Gasteiger partial charge < -0.3 is 9.84 Å². The molecule has 0 aliphatic carbocycles. The summed E-state index contributed by atoms with van der Waals surface area (Å²) in [6.45, 7) is 2.60. The van der Waals surface area contributed by atoms with E-state index in [1.165, 1.54) is 11.1 Å². The summed E-state index contributed by atoms with van der Waals surface area (Å²) in [6.07, 6.45) is 0.290. The molecule has 0 amide bonds. The highest BCUT2D eigenvalue weighted by atomic mass is 16.6. The monoisotopic (exact) mass is 178 g/mol. The molecule has 2 atom stereocenters. The average molecular weight is 178 g/mol. The van der Waals surface area contributed by atoms with E-state index >= 15 is 0 Å². The lowest BCUT2D eigenvalue weighted by Crippen LogP contribution is -2.27. The molecule has 1 N–H and O–H groups in total. The summed E-state index contributed by atoms with van der Waals surface area (Å²) < 4.78 is 5.26. The first kappa shape index (κ1) is 8.73. The van der Waals surface area contributed by atoms with Gasteiger partial charge in [0, 0.05) is 5.92 Å². The molecule has 2 unspecified atom stereocenters. The van der Waals surface area contributed by atoms with Crippen LogP contribution in [0.1, 0.15) is 30.4 Å². The minimum atomic E-state index is -0.625. The Hall–Kier alpha value is -0.860. The summed E-state index contributed by atoms with van der Waals surface area (Å²) in [5, 5.41) is 9.59. The fourth-order valence-electron chi connectivity index (χ4n) is 1.89. The zero-order valence-corrected chi connectivity index (χ0v) is 7.73. The molecule has 13 heavy (non-hydrogen) atoms. The van der Waals surface area contributed by atoms with Crippen molar-refractivity contribution in [2.24, 2.45) is 0 Å². The van der Waals surface area contributed by atoms with Gasteiger partial charge in [0.15, 0.2) is 6.29 Å². The Bertz CT molecular complexity index is 296. The van der Waals surface area contributed by atoms with Crippen LogP contribution in [0.4, 0.5) is 0 Å². The summed E-state index contributed by atoms with van der Waals surface area (Å²) in [5.74, 6) is 0.143. The molecule has 2 heteroatoms. The topological polar surface area (TPSA) is 29.5 Å². The number of rotatable bonds is 1. The molecule has 70 valence electrons. The molecule has 2 rings (SSSR count). The molecule has 0 radical (unpaired) electrons. The highest BCUT2D eigenvalue weighted by Crippen LogP contribution is 2.32. The molecule has 1 aliphatic heterocycles. The third kappa shape index (κ3) is 1.47. The number of hydrogen-bond donors (Lipinski definition) is 1. The van der Waals surface area contributed by atoms with E-state index in [1.54, 1.807) is 0 Å². The van der Waals surface area contributed by atoms with E-state index in [0.29, 0.717) is 6.61 Å². The first-order valence-electron chi connectivity index (χ1n) is 4.70. The number of aliphatic hydroxyl groups is 1. The van der Waals surface area contributed by atoms with Crippen molar-refractivity contribution in [2.45, 2.75) is 32.2 Å². The molecule has 0 fully saturated rings. The van der Waals surface area contributed by atoms with Crippen LogP contribution in [0, 0.1) is 0 Å². The SMILES string of the molecule is CCC1c2ccccc2COC1O. The van der Waals surface area contributed by atoms with Crippen LogP contribution < -0.4 is 0 Å². The second-order valence-electron chi connectivity index (χ2n) is 3.42.